The molecular formula is C11H20N2O2S. The van der Waals surface area contributed by atoms with Crippen LogP contribution in [0.3, 0.4) is 0 Å². The number of rotatable bonds is 4. The van der Waals surface area contributed by atoms with Crippen LogP contribution < -0.4 is 5.32 Å². The molecule has 5 heteroatoms. The Balaban J connectivity index is 2.55. The first-order valence-corrected chi connectivity index (χ1v) is 6.80. The Labute approximate surface area is 101 Å². The average molecular weight is 244 g/mol. The molecule has 1 aliphatic heterocycles. The van der Waals surface area contributed by atoms with E-state index in [2.05, 4.69) is 19.2 Å². The number of carbonyl (C=O) groups excluding carboxylic acids is 2. The number of nitrogens with one attached hydrogen (secondary N) is 1. The Hall–Kier alpha value is -0.710. The second-order valence-electron chi connectivity index (χ2n) is 4.16. The van der Waals surface area contributed by atoms with Gasteiger partial charge in [-0.05, 0) is 11.7 Å². The first-order chi connectivity index (χ1) is 7.56. The van der Waals surface area contributed by atoms with Crippen LogP contribution in [0.4, 0.5) is 0 Å². The molecule has 92 valence electrons. The first-order valence-electron chi connectivity index (χ1n) is 5.75. The minimum Gasteiger partial charge on any atom is -0.353 e. The van der Waals surface area contributed by atoms with Crippen LogP contribution in [0.25, 0.3) is 0 Å². The van der Waals surface area contributed by atoms with E-state index in [9.17, 15) is 9.59 Å². The minimum absolute atomic E-state index is 0.0170. The molecule has 0 spiro atoms. The van der Waals surface area contributed by atoms with E-state index in [1.165, 1.54) is 0 Å². The van der Waals surface area contributed by atoms with Gasteiger partial charge < -0.3 is 10.2 Å². The van der Waals surface area contributed by atoms with Gasteiger partial charge in [0.15, 0.2) is 0 Å². The summed E-state index contributed by atoms with van der Waals surface area (Å²) in [7, 11) is 0. The maximum Gasteiger partial charge on any atom is 0.242 e. The van der Waals surface area contributed by atoms with E-state index in [4.69, 9.17) is 0 Å². The fourth-order valence-corrected chi connectivity index (χ4v) is 2.38. The summed E-state index contributed by atoms with van der Waals surface area (Å²) in [6, 6.07) is -0.269. The van der Waals surface area contributed by atoms with Crippen molar-refractivity contribution >= 4 is 23.6 Å². The van der Waals surface area contributed by atoms with Crippen LogP contribution in [0.5, 0.6) is 0 Å². The van der Waals surface area contributed by atoms with Crippen molar-refractivity contribution in [3.63, 3.8) is 0 Å². The van der Waals surface area contributed by atoms with E-state index < -0.39 is 0 Å². The van der Waals surface area contributed by atoms with Crippen LogP contribution >= 0.6 is 11.8 Å². The molecule has 0 bridgehead atoms. The fraction of sp³-hybridized carbons (Fsp3) is 0.818. The number of hydrogen-bond acceptors (Lipinski definition) is 3. The van der Waals surface area contributed by atoms with Gasteiger partial charge >= 0.3 is 0 Å². The third-order valence-corrected chi connectivity index (χ3v) is 3.66. The predicted octanol–water partition coefficient (Wildman–Crippen LogP) is 0.865. The van der Waals surface area contributed by atoms with Crippen LogP contribution in [-0.2, 0) is 9.59 Å². The Morgan fingerprint density at radius 3 is 2.88 bits per heavy atom. The van der Waals surface area contributed by atoms with Crippen molar-refractivity contribution in [3.05, 3.63) is 0 Å². The molecule has 16 heavy (non-hydrogen) atoms. The highest BCUT2D eigenvalue weighted by Crippen LogP contribution is 2.14. The number of piperazine rings is 1. The number of carbonyl (C=O) groups is 2. The van der Waals surface area contributed by atoms with Gasteiger partial charge in [-0.3, -0.25) is 9.59 Å². The fourth-order valence-electron chi connectivity index (χ4n) is 1.74. The maximum atomic E-state index is 11.9. The van der Waals surface area contributed by atoms with Crippen molar-refractivity contribution in [1.82, 2.24) is 10.2 Å². The van der Waals surface area contributed by atoms with Gasteiger partial charge in [-0.15, -0.1) is 11.8 Å². The molecule has 1 aliphatic rings. The monoisotopic (exact) mass is 244 g/mol. The van der Waals surface area contributed by atoms with Crippen LogP contribution in [0.15, 0.2) is 0 Å². The molecule has 2 amide bonds. The number of hydrogen-bond donors (Lipinski definition) is 1. The molecule has 0 aliphatic carbocycles. The summed E-state index contributed by atoms with van der Waals surface area (Å²) in [5.41, 5.74) is 0. The lowest BCUT2D eigenvalue weighted by atomic mass is 10.1. The molecule has 1 N–H and O–H groups in total. The highest BCUT2D eigenvalue weighted by atomic mass is 32.2. The average Bonchev–Trinajstić information content (AvgIpc) is 2.25. The molecule has 0 aromatic rings. The van der Waals surface area contributed by atoms with E-state index in [0.717, 1.165) is 0 Å². The van der Waals surface area contributed by atoms with E-state index in [0.29, 0.717) is 30.5 Å². The molecule has 0 saturated carbocycles. The molecule has 4 nitrogen and oxygen atoms in total. The Morgan fingerprint density at radius 1 is 1.62 bits per heavy atom. The lowest BCUT2D eigenvalue weighted by Gasteiger charge is -2.34. The van der Waals surface area contributed by atoms with E-state index in [1.807, 2.05) is 6.92 Å². The summed E-state index contributed by atoms with van der Waals surface area (Å²) < 4.78 is 0. The summed E-state index contributed by atoms with van der Waals surface area (Å²) in [5.74, 6) is 0.540. The number of amides is 2. The van der Waals surface area contributed by atoms with Crippen LogP contribution in [0, 0.1) is 0 Å². The van der Waals surface area contributed by atoms with Crippen molar-refractivity contribution in [3.8, 4) is 0 Å². The Kier molecular flexibility index (Phi) is 5.12. The van der Waals surface area contributed by atoms with Gasteiger partial charge in [0, 0.05) is 13.1 Å². The van der Waals surface area contributed by atoms with E-state index in [1.54, 1.807) is 16.7 Å². The van der Waals surface area contributed by atoms with Gasteiger partial charge in [0.1, 0.15) is 6.04 Å². The second-order valence-corrected chi connectivity index (χ2v) is 5.73. The molecule has 0 aromatic carbocycles. The van der Waals surface area contributed by atoms with Crippen molar-refractivity contribution in [2.75, 3.05) is 18.8 Å². The summed E-state index contributed by atoms with van der Waals surface area (Å²) in [4.78, 5) is 25.2. The Bertz CT molecular complexity index is 269. The molecule has 1 fully saturated rings. The quantitative estimate of drug-likeness (QED) is 0.798. The van der Waals surface area contributed by atoms with Gasteiger partial charge in [-0.1, -0.05) is 20.8 Å². The summed E-state index contributed by atoms with van der Waals surface area (Å²) in [5, 5.41) is 3.24. The molecule has 1 rings (SSSR count). The standard InChI is InChI=1S/C11H20N2O2S/c1-4-9-11(15)12-5-6-13(9)10(14)7-16-8(2)3/h8-9H,4-7H2,1-3H3,(H,12,15). The van der Waals surface area contributed by atoms with E-state index in [-0.39, 0.29) is 17.9 Å². The molecule has 0 radical (unpaired) electrons. The smallest absolute Gasteiger partial charge is 0.242 e. The summed E-state index contributed by atoms with van der Waals surface area (Å²) >= 11 is 1.62. The highest BCUT2D eigenvalue weighted by molar-refractivity contribution is 8.00. The van der Waals surface area contributed by atoms with Gasteiger partial charge in [-0.2, -0.15) is 0 Å². The van der Waals surface area contributed by atoms with Gasteiger partial charge in [0.25, 0.3) is 0 Å². The lowest BCUT2D eigenvalue weighted by molar-refractivity contribution is -0.141. The molecule has 1 saturated heterocycles. The lowest BCUT2D eigenvalue weighted by Crippen LogP contribution is -2.57. The Morgan fingerprint density at radius 2 is 2.31 bits per heavy atom. The van der Waals surface area contributed by atoms with Crippen LogP contribution in [0.2, 0.25) is 0 Å². The zero-order chi connectivity index (χ0) is 12.1. The van der Waals surface area contributed by atoms with Gasteiger partial charge in [0.2, 0.25) is 11.8 Å². The maximum absolute atomic E-state index is 11.9. The predicted molar refractivity (Wildman–Crippen MR) is 66.4 cm³/mol. The molecule has 1 unspecified atom stereocenters. The number of nitrogens with zero attached hydrogens (tertiary/aromatic N) is 1. The zero-order valence-corrected chi connectivity index (χ0v) is 11.0. The van der Waals surface area contributed by atoms with Gasteiger partial charge in [-0.25, -0.2) is 0 Å². The SMILES string of the molecule is CCC1C(=O)NCCN1C(=O)CSC(C)C. The minimum atomic E-state index is -0.269. The molecule has 1 heterocycles. The van der Waals surface area contributed by atoms with Crippen molar-refractivity contribution in [2.45, 2.75) is 38.5 Å². The summed E-state index contributed by atoms with van der Waals surface area (Å²) in [6.07, 6.45) is 0.684. The highest BCUT2D eigenvalue weighted by Gasteiger charge is 2.31. The topological polar surface area (TPSA) is 49.4 Å². The van der Waals surface area contributed by atoms with Crippen molar-refractivity contribution < 1.29 is 9.59 Å². The second kappa shape index (κ2) is 6.13. The number of thioether (sulfide) groups is 1. The largest absolute Gasteiger partial charge is 0.353 e. The third kappa shape index (κ3) is 3.40. The van der Waals surface area contributed by atoms with E-state index >= 15 is 0 Å². The van der Waals surface area contributed by atoms with Crippen molar-refractivity contribution in [2.24, 2.45) is 0 Å². The third-order valence-electron chi connectivity index (χ3n) is 2.58. The summed E-state index contributed by atoms with van der Waals surface area (Å²) in [6.45, 7) is 7.29. The molecule has 0 aromatic heterocycles. The normalized spacial score (nSPS) is 21.1. The zero-order valence-electron chi connectivity index (χ0n) is 10.2. The van der Waals surface area contributed by atoms with Crippen molar-refractivity contribution in [1.29, 1.82) is 0 Å². The first kappa shape index (κ1) is 13.4. The van der Waals surface area contributed by atoms with Crippen LogP contribution in [-0.4, -0.2) is 46.8 Å². The molecule has 1 atom stereocenters. The van der Waals surface area contributed by atoms with Gasteiger partial charge in [0.05, 0.1) is 5.75 Å². The van der Waals surface area contributed by atoms with Crippen LogP contribution in [0.1, 0.15) is 27.2 Å². The molecular weight excluding hydrogens is 224 g/mol.